The molecule has 12 heteroatoms. The summed E-state index contributed by atoms with van der Waals surface area (Å²) in [4.78, 5) is 39.1. The van der Waals surface area contributed by atoms with Gasteiger partial charge in [0.15, 0.2) is 0 Å². The number of para-hydroxylation sites is 1. The number of unbranched alkanes of at least 4 members (excludes halogenated alkanes) is 1. The zero-order valence-corrected chi connectivity index (χ0v) is 22.1. The number of nitrogens with one attached hydrogen (secondary N) is 1. The first-order chi connectivity index (χ1) is 19.1. The van der Waals surface area contributed by atoms with Crippen LogP contribution in [0.4, 0.5) is 5.69 Å². The summed E-state index contributed by atoms with van der Waals surface area (Å²) in [6.45, 7) is 4.10. The van der Waals surface area contributed by atoms with Crippen molar-refractivity contribution in [2.24, 2.45) is 0 Å². The van der Waals surface area contributed by atoms with E-state index in [2.05, 4.69) is 10.3 Å². The summed E-state index contributed by atoms with van der Waals surface area (Å²) in [6.07, 6.45) is 0.535. The van der Waals surface area contributed by atoms with Crippen LogP contribution in [-0.4, -0.2) is 69.6 Å². The van der Waals surface area contributed by atoms with E-state index in [0.717, 1.165) is 6.07 Å². The molecule has 0 saturated carbocycles. The molecule has 4 N–H and O–H groups in total. The number of hydrogen-bond acceptors (Lipinski definition) is 9. The number of aromatic carboxylic acids is 2. The highest BCUT2D eigenvalue weighted by Gasteiger charge is 2.29. The Balaban J connectivity index is 1.67. The van der Waals surface area contributed by atoms with Crippen LogP contribution in [0.1, 0.15) is 44.9 Å². The van der Waals surface area contributed by atoms with Crippen LogP contribution in [0.3, 0.4) is 0 Å². The first kappa shape index (κ1) is 30.0. The minimum Gasteiger partial charge on any atom is -0.493 e. The fourth-order valence-electron chi connectivity index (χ4n) is 4.17. The summed E-state index contributed by atoms with van der Waals surface area (Å²) < 4.78 is 11.4. The van der Waals surface area contributed by atoms with E-state index in [1.165, 1.54) is 26.0 Å². The number of carboxylic acid groups (broad SMARTS) is 2. The number of aryl methyl sites for hydroxylation is 2. The van der Waals surface area contributed by atoms with E-state index in [1.54, 1.807) is 12.1 Å². The van der Waals surface area contributed by atoms with Gasteiger partial charge in [0.1, 0.15) is 24.2 Å². The first-order valence-electron chi connectivity index (χ1n) is 12.6. The number of ether oxygens (including phenoxy) is 2. The van der Waals surface area contributed by atoms with Crippen molar-refractivity contribution in [3.63, 3.8) is 0 Å². The Kier molecular flexibility index (Phi) is 10.5. The summed E-state index contributed by atoms with van der Waals surface area (Å²) in [7, 11) is 0. The molecule has 0 spiro atoms. The van der Waals surface area contributed by atoms with Crippen molar-refractivity contribution in [1.82, 2.24) is 10.3 Å². The number of nitro groups is 1. The Labute approximate surface area is 230 Å². The lowest BCUT2D eigenvalue weighted by atomic mass is 9.91. The second kappa shape index (κ2) is 14.0. The molecule has 3 rings (SSSR count). The predicted molar refractivity (Wildman–Crippen MR) is 145 cm³/mol. The molecular weight excluding hydrogens is 522 g/mol. The molecular formula is C28H31N3O9. The summed E-state index contributed by atoms with van der Waals surface area (Å²) in [5.74, 6) is -2.04. The average molecular weight is 554 g/mol. The van der Waals surface area contributed by atoms with Crippen molar-refractivity contribution < 1.29 is 39.3 Å². The van der Waals surface area contributed by atoms with Crippen molar-refractivity contribution in [3.05, 3.63) is 81.2 Å². The standard InChI is InChI=1S/C28H31N3O9/c1-17-24(27(33)34)26(25(28(35)36)18(2)30-17)22-14-19(31(37)38)10-11-23(22)39-13-7-6-12-29-15-20(32)16-40-21-8-4-3-5-9-21/h3-5,8-11,14,20,29,32H,6-7,12-13,15-16H2,1-2H3,(H,33,34)(H,35,36)/t20-/m1/s1. The molecule has 0 saturated heterocycles. The molecule has 2 aromatic carbocycles. The molecule has 40 heavy (non-hydrogen) atoms. The van der Waals surface area contributed by atoms with Gasteiger partial charge >= 0.3 is 11.9 Å². The van der Waals surface area contributed by atoms with Gasteiger partial charge in [0.2, 0.25) is 0 Å². The van der Waals surface area contributed by atoms with Crippen LogP contribution in [0.25, 0.3) is 11.1 Å². The van der Waals surface area contributed by atoms with Gasteiger partial charge in [0.25, 0.3) is 5.69 Å². The van der Waals surface area contributed by atoms with Crippen LogP contribution in [0, 0.1) is 24.0 Å². The average Bonchev–Trinajstić information content (AvgIpc) is 2.91. The Morgan fingerprint density at radius 1 is 1.00 bits per heavy atom. The van der Waals surface area contributed by atoms with Gasteiger partial charge in [-0.2, -0.15) is 0 Å². The molecule has 0 fully saturated rings. The van der Waals surface area contributed by atoms with Gasteiger partial charge in [0, 0.05) is 29.8 Å². The van der Waals surface area contributed by atoms with Crippen LogP contribution in [0.2, 0.25) is 0 Å². The largest absolute Gasteiger partial charge is 0.493 e. The second-order valence-corrected chi connectivity index (χ2v) is 8.99. The second-order valence-electron chi connectivity index (χ2n) is 8.99. The van der Waals surface area contributed by atoms with Crippen LogP contribution >= 0.6 is 0 Å². The first-order valence-corrected chi connectivity index (χ1v) is 12.6. The van der Waals surface area contributed by atoms with Crippen molar-refractivity contribution in [2.75, 3.05) is 26.3 Å². The predicted octanol–water partition coefficient (Wildman–Crippen LogP) is 3.86. The summed E-state index contributed by atoms with van der Waals surface area (Å²) in [5, 5.41) is 44.4. The molecule has 212 valence electrons. The minimum absolute atomic E-state index is 0.0164. The number of benzene rings is 2. The molecule has 3 aromatic rings. The zero-order chi connectivity index (χ0) is 29.2. The normalized spacial score (nSPS) is 11.6. The number of pyridine rings is 1. The van der Waals surface area contributed by atoms with Crippen molar-refractivity contribution in [3.8, 4) is 22.6 Å². The summed E-state index contributed by atoms with van der Waals surface area (Å²) in [5.41, 5.74) is -1.15. The Bertz CT molecular complexity index is 1320. The lowest BCUT2D eigenvalue weighted by Gasteiger charge is -2.18. The van der Waals surface area contributed by atoms with Crippen LogP contribution < -0.4 is 14.8 Å². The molecule has 0 unspecified atom stereocenters. The Hall–Kier alpha value is -4.55. The molecule has 1 atom stereocenters. The minimum atomic E-state index is -1.41. The SMILES string of the molecule is Cc1nc(C)c(C(=O)O)c(-c2cc([N+](=O)[O-])ccc2OCCCCNC[C@@H](O)COc2ccccc2)c1C(=O)O. The lowest BCUT2D eigenvalue weighted by Crippen LogP contribution is -2.32. The van der Waals surface area contributed by atoms with Crippen LogP contribution in [0.15, 0.2) is 48.5 Å². The molecule has 1 heterocycles. The van der Waals surface area contributed by atoms with E-state index in [9.17, 15) is 35.0 Å². The number of aromatic nitrogens is 1. The molecule has 1 aromatic heterocycles. The van der Waals surface area contributed by atoms with E-state index in [0.29, 0.717) is 31.7 Å². The maximum absolute atomic E-state index is 12.1. The third-order valence-corrected chi connectivity index (χ3v) is 6.00. The number of nitro benzene ring substituents is 1. The van der Waals surface area contributed by atoms with Crippen molar-refractivity contribution in [1.29, 1.82) is 0 Å². The maximum Gasteiger partial charge on any atom is 0.338 e. The van der Waals surface area contributed by atoms with E-state index < -0.39 is 23.0 Å². The number of aliphatic hydroxyl groups excluding tert-OH is 1. The van der Waals surface area contributed by atoms with E-state index in [4.69, 9.17) is 9.47 Å². The highest BCUT2D eigenvalue weighted by Crippen LogP contribution is 2.39. The number of rotatable bonds is 15. The molecule has 0 amide bonds. The lowest BCUT2D eigenvalue weighted by molar-refractivity contribution is -0.384. The van der Waals surface area contributed by atoms with Gasteiger partial charge in [-0.1, -0.05) is 18.2 Å². The monoisotopic (exact) mass is 553 g/mol. The van der Waals surface area contributed by atoms with Crippen LogP contribution in [-0.2, 0) is 0 Å². The molecule has 0 aliphatic carbocycles. The number of nitrogens with zero attached hydrogens (tertiary/aromatic N) is 2. The molecule has 0 aliphatic rings. The summed E-state index contributed by atoms with van der Waals surface area (Å²) in [6, 6.07) is 12.8. The highest BCUT2D eigenvalue weighted by atomic mass is 16.6. The topological polar surface area (TPSA) is 181 Å². The van der Waals surface area contributed by atoms with Gasteiger partial charge in [-0.15, -0.1) is 0 Å². The number of non-ortho nitro benzene ring substituents is 1. The molecule has 12 nitrogen and oxygen atoms in total. The molecule has 0 radical (unpaired) electrons. The number of carbonyl (C=O) groups is 2. The number of aliphatic hydroxyl groups is 1. The van der Waals surface area contributed by atoms with Gasteiger partial charge < -0.3 is 30.1 Å². The van der Waals surface area contributed by atoms with Crippen molar-refractivity contribution in [2.45, 2.75) is 32.8 Å². The number of hydrogen-bond donors (Lipinski definition) is 4. The zero-order valence-electron chi connectivity index (χ0n) is 22.1. The van der Waals surface area contributed by atoms with Gasteiger partial charge in [-0.05, 0) is 51.4 Å². The van der Waals surface area contributed by atoms with Gasteiger partial charge in [-0.25, -0.2) is 9.59 Å². The highest BCUT2D eigenvalue weighted by molar-refractivity contribution is 6.07. The van der Waals surface area contributed by atoms with Crippen molar-refractivity contribution >= 4 is 17.6 Å². The Morgan fingerprint density at radius 2 is 1.65 bits per heavy atom. The summed E-state index contributed by atoms with van der Waals surface area (Å²) >= 11 is 0. The quantitative estimate of drug-likeness (QED) is 0.122. The fraction of sp³-hybridized carbons (Fsp3) is 0.321. The number of carboxylic acids is 2. The smallest absolute Gasteiger partial charge is 0.338 e. The fourth-order valence-corrected chi connectivity index (χ4v) is 4.17. The van der Waals surface area contributed by atoms with E-state index in [1.807, 2.05) is 18.2 Å². The third-order valence-electron chi connectivity index (χ3n) is 6.00. The molecule has 0 bridgehead atoms. The van der Waals surface area contributed by atoms with E-state index in [-0.39, 0.29) is 58.3 Å². The Morgan fingerprint density at radius 3 is 2.25 bits per heavy atom. The maximum atomic E-state index is 12.1. The van der Waals surface area contributed by atoms with E-state index >= 15 is 0 Å². The third kappa shape index (κ3) is 7.74. The van der Waals surface area contributed by atoms with Gasteiger partial charge in [0.05, 0.1) is 34.0 Å². The van der Waals surface area contributed by atoms with Gasteiger partial charge in [-0.3, -0.25) is 15.1 Å². The molecule has 0 aliphatic heterocycles. The van der Waals surface area contributed by atoms with Crippen LogP contribution in [0.5, 0.6) is 11.5 Å².